The largest absolute Gasteiger partial charge is 0.208 e. The number of rotatable bonds is 0. The topological polar surface area (TPSA) is 0 Å². The number of benzene rings is 2. The quantitative estimate of drug-likeness (QED) is 0.601. The van der Waals surface area contributed by atoms with Crippen LogP contribution in [0.2, 0.25) is 0 Å². The van der Waals surface area contributed by atoms with Crippen LogP contribution < -0.4 is 0 Å². The van der Waals surface area contributed by atoms with E-state index in [1.807, 2.05) is 0 Å². The number of hydrogen-bond acceptors (Lipinski definition) is 0. The van der Waals surface area contributed by atoms with E-state index in [2.05, 4.69) is 0 Å². The normalized spacial score (nSPS) is 14.6. The first-order chi connectivity index (χ1) is 8.09. The molecule has 0 saturated carbocycles. The van der Waals surface area contributed by atoms with Crippen molar-refractivity contribution in [3.8, 4) is 0 Å². The van der Waals surface area contributed by atoms with Crippen LogP contribution in [0.15, 0.2) is 30.1 Å². The molecule has 0 heterocycles. The Labute approximate surface area is 94.2 Å². The molecule has 4 heteroatoms. The molecule has 0 atom stereocenters. The van der Waals surface area contributed by atoms with Crippen LogP contribution in [-0.4, -0.2) is 0 Å². The first-order valence-corrected chi connectivity index (χ1v) is 5.03. The van der Waals surface area contributed by atoms with Gasteiger partial charge in [-0.15, -0.1) is 0 Å². The average molecular weight is 238 g/mol. The summed E-state index contributed by atoms with van der Waals surface area (Å²) in [6.45, 7) is 0. The Hall–Kier alpha value is -1.84. The van der Waals surface area contributed by atoms with Crippen LogP contribution >= 0.6 is 0 Å². The molecule has 2 aromatic carbocycles. The van der Waals surface area contributed by atoms with Gasteiger partial charge in [-0.1, -0.05) is 18.2 Å². The van der Waals surface area contributed by atoms with Gasteiger partial charge in [0.25, 0.3) is 0 Å². The Morgan fingerprint density at radius 2 is 1.76 bits per heavy atom. The van der Waals surface area contributed by atoms with Gasteiger partial charge in [0.05, 0.1) is 5.56 Å². The zero-order valence-corrected chi connectivity index (χ0v) is 8.53. The van der Waals surface area contributed by atoms with Crippen LogP contribution in [0.5, 0.6) is 0 Å². The maximum atomic E-state index is 13.6. The molecular formula is C13H6F4. The monoisotopic (exact) mass is 238 g/mol. The van der Waals surface area contributed by atoms with Crippen LogP contribution in [0, 0.1) is 11.6 Å². The first kappa shape index (κ1) is 10.3. The van der Waals surface area contributed by atoms with Gasteiger partial charge < -0.3 is 0 Å². The zero-order chi connectivity index (χ0) is 12.2. The summed E-state index contributed by atoms with van der Waals surface area (Å²) in [5.41, 5.74) is -0.130. The molecule has 0 aromatic heterocycles. The van der Waals surface area contributed by atoms with Gasteiger partial charge in [0.2, 0.25) is 0 Å². The van der Waals surface area contributed by atoms with E-state index in [-0.39, 0.29) is 11.8 Å². The summed E-state index contributed by atoms with van der Waals surface area (Å²) in [4.78, 5) is 0. The zero-order valence-electron chi connectivity index (χ0n) is 8.53. The summed E-state index contributed by atoms with van der Waals surface area (Å²) in [6, 6.07) is 5.72. The fraction of sp³-hybridized carbons (Fsp3) is 0.0769. The van der Waals surface area contributed by atoms with Crippen molar-refractivity contribution >= 4 is 16.6 Å². The molecule has 86 valence electrons. The fourth-order valence-corrected chi connectivity index (χ4v) is 2.21. The molecule has 0 amide bonds. The molecule has 1 aliphatic carbocycles. The van der Waals surface area contributed by atoms with Crippen molar-refractivity contribution in [3.05, 3.63) is 52.9 Å². The lowest BCUT2D eigenvalue weighted by Crippen LogP contribution is -2.04. The van der Waals surface area contributed by atoms with E-state index >= 15 is 0 Å². The lowest BCUT2D eigenvalue weighted by atomic mass is 9.91. The number of halogens is 4. The highest BCUT2D eigenvalue weighted by Gasteiger charge is 2.26. The van der Waals surface area contributed by atoms with Crippen LogP contribution in [0.4, 0.5) is 17.6 Å². The Balaban J connectivity index is 2.57. The summed E-state index contributed by atoms with van der Waals surface area (Å²) in [5, 5.41) is 0.629. The van der Waals surface area contributed by atoms with Gasteiger partial charge in [-0.05, 0) is 22.4 Å². The highest BCUT2D eigenvalue weighted by atomic mass is 19.2. The molecule has 1 aliphatic rings. The van der Waals surface area contributed by atoms with E-state index in [4.69, 9.17) is 0 Å². The van der Waals surface area contributed by atoms with Crippen molar-refractivity contribution < 1.29 is 17.6 Å². The third-order valence-electron chi connectivity index (χ3n) is 2.95. The van der Waals surface area contributed by atoms with Gasteiger partial charge in [0, 0.05) is 6.42 Å². The highest BCUT2D eigenvalue weighted by Crippen LogP contribution is 2.39. The van der Waals surface area contributed by atoms with Crippen molar-refractivity contribution in [1.29, 1.82) is 0 Å². The Morgan fingerprint density at radius 3 is 2.53 bits per heavy atom. The van der Waals surface area contributed by atoms with Crippen molar-refractivity contribution in [2.24, 2.45) is 0 Å². The van der Waals surface area contributed by atoms with Crippen molar-refractivity contribution in [3.63, 3.8) is 0 Å². The van der Waals surface area contributed by atoms with Crippen LogP contribution in [0.1, 0.15) is 11.1 Å². The molecule has 0 N–H and O–H groups in total. The molecule has 0 aliphatic heterocycles. The molecule has 0 unspecified atom stereocenters. The highest BCUT2D eigenvalue weighted by molar-refractivity contribution is 5.97. The summed E-state index contributed by atoms with van der Waals surface area (Å²) in [6.07, 6.45) is -0.221. The van der Waals surface area contributed by atoms with E-state index in [9.17, 15) is 17.6 Å². The number of allylic oxidation sites excluding steroid dienone is 1. The van der Waals surface area contributed by atoms with E-state index < -0.39 is 28.9 Å². The maximum absolute atomic E-state index is 13.6. The fourth-order valence-electron chi connectivity index (χ4n) is 2.21. The van der Waals surface area contributed by atoms with E-state index in [0.717, 1.165) is 6.07 Å². The minimum Gasteiger partial charge on any atom is -0.208 e. The molecule has 2 aromatic rings. The van der Waals surface area contributed by atoms with E-state index in [1.54, 1.807) is 18.2 Å². The molecule has 3 rings (SSSR count). The Bertz CT molecular complexity index is 671. The van der Waals surface area contributed by atoms with Crippen LogP contribution in [0.3, 0.4) is 0 Å². The Kier molecular flexibility index (Phi) is 2.02. The predicted molar refractivity (Wildman–Crippen MR) is 56.7 cm³/mol. The molecule has 0 radical (unpaired) electrons. The maximum Gasteiger partial charge on any atom is 0.169 e. The van der Waals surface area contributed by atoms with Crippen molar-refractivity contribution in [2.75, 3.05) is 0 Å². The lowest BCUT2D eigenvalue weighted by Gasteiger charge is -2.16. The second kappa shape index (κ2) is 3.32. The number of hydrogen-bond donors (Lipinski definition) is 0. The standard InChI is InChI=1S/C13H6F4/c14-8-4-6-2-1-3-7-5-9(15)13(17)11(10(6)7)12(8)16/h1-4H,5H2. The first-order valence-electron chi connectivity index (χ1n) is 5.03. The van der Waals surface area contributed by atoms with Gasteiger partial charge in [0.1, 0.15) is 5.83 Å². The van der Waals surface area contributed by atoms with Crippen LogP contribution in [-0.2, 0) is 6.42 Å². The van der Waals surface area contributed by atoms with E-state index in [0.29, 0.717) is 10.9 Å². The smallest absolute Gasteiger partial charge is 0.169 e. The summed E-state index contributed by atoms with van der Waals surface area (Å²) in [5.74, 6) is -4.87. The van der Waals surface area contributed by atoms with Crippen LogP contribution in [0.25, 0.3) is 16.6 Å². The summed E-state index contributed by atoms with van der Waals surface area (Å²) >= 11 is 0. The van der Waals surface area contributed by atoms with Crippen molar-refractivity contribution in [2.45, 2.75) is 6.42 Å². The molecule has 0 nitrogen and oxygen atoms in total. The second-order valence-electron chi connectivity index (χ2n) is 3.96. The molecule has 0 fully saturated rings. The third-order valence-corrected chi connectivity index (χ3v) is 2.95. The summed E-state index contributed by atoms with van der Waals surface area (Å²) < 4.78 is 53.7. The minimum absolute atomic E-state index is 0.221. The van der Waals surface area contributed by atoms with Gasteiger partial charge in [-0.25, -0.2) is 17.6 Å². The van der Waals surface area contributed by atoms with Crippen molar-refractivity contribution in [1.82, 2.24) is 0 Å². The lowest BCUT2D eigenvalue weighted by molar-refractivity contribution is 0.501. The minimum atomic E-state index is -1.34. The third kappa shape index (κ3) is 1.30. The molecule has 0 saturated heterocycles. The molecule has 17 heavy (non-hydrogen) atoms. The van der Waals surface area contributed by atoms with Gasteiger partial charge in [-0.2, -0.15) is 0 Å². The van der Waals surface area contributed by atoms with Gasteiger partial charge >= 0.3 is 0 Å². The molecule has 0 bridgehead atoms. The average Bonchev–Trinajstić information content (AvgIpc) is 2.29. The summed E-state index contributed by atoms with van der Waals surface area (Å²) in [7, 11) is 0. The molecule has 0 spiro atoms. The van der Waals surface area contributed by atoms with E-state index in [1.165, 1.54) is 0 Å². The molecular weight excluding hydrogens is 232 g/mol. The SMILES string of the molecule is FC1=C(F)c2c(F)c(F)cc3cccc(c23)C1. The van der Waals surface area contributed by atoms with Gasteiger partial charge in [-0.3, -0.25) is 0 Å². The Morgan fingerprint density at radius 1 is 1.00 bits per heavy atom. The predicted octanol–water partition coefficient (Wildman–Crippen LogP) is 4.28. The second-order valence-corrected chi connectivity index (χ2v) is 3.96. The van der Waals surface area contributed by atoms with Gasteiger partial charge in [0.15, 0.2) is 17.5 Å².